The van der Waals surface area contributed by atoms with E-state index in [2.05, 4.69) is 9.97 Å². The first kappa shape index (κ1) is 21.9. The van der Waals surface area contributed by atoms with Crippen LogP contribution in [0.25, 0.3) is 10.9 Å². The van der Waals surface area contributed by atoms with Crippen LogP contribution in [0.4, 0.5) is 4.39 Å². The van der Waals surface area contributed by atoms with Crippen LogP contribution in [0.1, 0.15) is 22.3 Å². The van der Waals surface area contributed by atoms with Gasteiger partial charge in [0.25, 0.3) is 5.56 Å². The predicted octanol–water partition coefficient (Wildman–Crippen LogP) is 4.07. The van der Waals surface area contributed by atoms with Crippen molar-refractivity contribution in [1.82, 2.24) is 14.3 Å². The Kier molecular flexibility index (Phi) is 5.90. The van der Waals surface area contributed by atoms with Gasteiger partial charge in [0.05, 0.1) is 4.90 Å². The Labute approximate surface area is 185 Å². The van der Waals surface area contributed by atoms with Gasteiger partial charge in [-0.15, -0.1) is 0 Å². The van der Waals surface area contributed by atoms with E-state index in [1.54, 1.807) is 30.6 Å². The van der Waals surface area contributed by atoms with Gasteiger partial charge in [-0.1, -0.05) is 6.07 Å². The van der Waals surface area contributed by atoms with Gasteiger partial charge in [0.1, 0.15) is 5.82 Å². The molecule has 4 aromatic rings. The highest BCUT2D eigenvalue weighted by Gasteiger charge is 2.26. The smallest absolute Gasteiger partial charge is 0.252 e. The summed E-state index contributed by atoms with van der Waals surface area (Å²) in [5.41, 5.74) is 3.45. The SMILES string of the molecule is Cc1cc2cc(CN(Cc3cccnc3)S(=O)(=O)c3ccc(F)cc3)c(=O)[nH]c2cc1C. The van der Waals surface area contributed by atoms with Gasteiger partial charge in [-0.25, -0.2) is 12.8 Å². The average molecular weight is 452 g/mol. The molecule has 0 radical (unpaired) electrons. The van der Waals surface area contributed by atoms with E-state index in [0.29, 0.717) is 16.6 Å². The monoisotopic (exact) mass is 451 g/mol. The number of aromatic nitrogens is 2. The van der Waals surface area contributed by atoms with E-state index >= 15 is 0 Å². The van der Waals surface area contributed by atoms with Crippen LogP contribution in [0, 0.1) is 19.7 Å². The predicted molar refractivity (Wildman–Crippen MR) is 121 cm³/mol. The molecule has 2 aromatic carbocycles. The molecule has 8 heteroatoms. The van der Waals surface area contributed by atoms with E-state index in [1.807, 2.05) is 26.0 Å². The summed E-state index contributed by atoms with van der Waals surface area (Å²) in [6.07, 6.45) is 3.17. The lowest BCUT2D eigenvalue weighted by Crippen LogP contribution is -2.32. The third-order valence-electron chi connectivity index (χ3n) is 5.42. The number of aromatic amines is 1. The summed E-state index contributed by atoms with van der Waals surface area (Å²) in [5.74, 6) is -0.528. The fourth-order valence-electron chi connectivity index (χ4n) is 3.51. The molecule has 1 N–H and O–H groups in total. The first-order valence-electron chi connectivity index (χ1n) is 10.0. The second-order valence-corrected chi connectivity index (χ2v) is 9.67. The van der Waals surface area contributed by atoms with Crippen LogP contribution in [-0.2, 0) is 23.1 Å². The summed E-state index contributed by atoms with van der Waals surface area (Å²) >= 11 is 0. The third-order valence-corrected chi connectivity index (χ3v) is 7.22. The summed E-state index contributed by atoms with van der Waals surface area (Å²) in [7, 11) is -4.01. The molecule has 0 saturated heterocycles. The van der Waals surface area contributed by atoms with Crippen molar-refractivity contribution in [2.45, 2.75) is 31.8 Å². The van der Waals surface area contributed by atoms with Crippen molar-refractivity contribution < 1.29 is 12.8 Å². The van der Waals surface area contributed by atoms with Gasteiger partial charge in [0.2, 0.25) is 10.0 Å². The van der Waals surface area contributed by atoms with Crippen molar-refractivity contribution in [3.8, 4) is 0 Å². The maximum atomic E-state index is 13.4. The van der Waals surface area contributed by atoms with Gasteiger partial charge < -0.3 is 4.98 Å². The van der Waals surface area contributed by atoms with Gasteiger partial charge in [-0.05, 0) is 84.5 Å². The number of aryl methyl sites for hydroxylation is 2. The highest BCUT2D eigenvalue weighted by molar-refractivity contribution is 7.89. The maximum Gasteiger partial charge on any atom is 0.252 e. The van der Waals surface area contributed by atoms with Crippen molar-refractivity contribution in [3.63, 3.8) is 0 Å². The molecule has 0 atom stereocenters. The topological polar surface area (TPSA) is 83.1 Å². The Morgan fingerprint density at radius 1 is 1.00 bits per heavy atom. The minimum atomic E-state index is -4.01. The first-order valence-corrected chi connectivity index (χ1v) is 11.5. The fourth-order valence-corrected chi connectivity index (χ4v) is 4.91. The second-order valence-electron chi connectivity index (χ2n) is 7.74. The van der Waals surface area contributed by atoms with Crippen molar-refractivity contribution >= 4 is 20.9 Å². The molecule has 0 bridgehead atoms. The number of sulfonamides is 1. The molecule has 0 aliphatic heterocycles. The van der Waals surface area contributed by atoms with Crippen molar-refractivity contribution in [2.75, 3.05) is 0 Å². The number of rotatable bonds is 6. The summed E-state index contributed by atoms with van der Waals surface area (Å²) < 4.78 is 41.4. The Balaban J connectivity index is 1.78. The molecule has 0 unspecified atom stereocenters. The third kappa shape index (κ3) is 4.46. The van der Waals surface area contributed by atoms with Crippen molar-refractivity contribution in [1.29, 1.82) is 0 Å². The number of halogens is 1. The zero-order chi connectivity index (χ0) is 22.9. The van der Waals surface area contributed by atoms with E-state index < -0.39 is 15.8 Å². The van der Waals surface area contributed by atoms with E-state index in [1.165, 1.54) is 16.4 Å². The highest BCUT2D eigenvalue weighted by Crippen LogP contribution is 2.22. The molecule has 4 rings (SSSR count). The van der Waals surface area contributed by atoms with Gasteiger partial charge in [0, 0.05) is 36.6 Å². The maximum absolute atomic E-state index is 13.4. The van der Waals surface area contributed by atoms with E-state index in [-0.39, 0.29) is 23.5 Å². The number of fused-ring (bicyclic) bond motifs is 1. The van der Waals surface area contributed by atoms with E-state index in [9.17, 15) is 17.6 Å². The van der Waals surface area contributed by atoms with Crippen LogP contribution in [0.2, 0.25) is 0 Å². The summed E-state index contributed by atoms with van der Waals surface area (Å²) in [5, 5.41) is 0.822. The largest absolute Gasteiger partial charge is 0.322 e. The van der Waals surface area contributed by atoms with Crippen molar-refractivity contribution in [3.05, 3.63) is 105 Å². The molecule has 32 heavy (non-hydrogen) atoms. The Morgan fingerprint density at radius 3 is 2.41 bits per heavy atom. The molecule has 0 fully saturated rings. The lowest BCUT2D eigenvalue weighted by molar-refractivity contribution is 0.399. The molecular formula is C24H22FN3O3S. The van der Waals surface area contributed by atoms with Crippen LogP contribution >= 0.6 is 0 Å². The van der Waals surface area contributed by atoms with E-state index in [0.717, 1.165) is 28.6 Å². The average Bonchev–Trinajstić information content (AvgIpc) is 2.76. The quantitative estimate of drug-likeness (QED) is 0.479. The van der Waals surface area contributed by atoms with Crippen LogP contribution < -0.4 is 5.56 Å². The summed E-state index contributed by atoms with van der Waals surface area (Å²) in [4.78, 5) is 19.6. The molecule has 2 heterocycles. The molecule has 0 spiro atoms. The van der Waals surface area contributed by atoms with Gasteiger partial charge in [-0.2, -0.15) is 4.31 Å². The van der Waals surface area contributed by atoms with Crippen LogP contribution in [-0.4, -0.2) is 22.7 Å². The molecule has 0 saturated carbocycles. The molecule has 2 aromatic heterocycles. The number of H-pyrrole nitrogens is 1. The normalized spacial score (nSPS) is 11.9. The fraction of sp³-hybridized carbons (Fsp3) is 0.167. The van der Waals surface area contributed by atoms with Gasteiger partial charge >= 0.3 is 0 Å². The lowest BCUT2D eigenvalue weighted by Gasteiger charge is -2.22. The number of hydrogen-bond donors (Lipinski definition) is 1. The Bertz CT molecular complexity index is 1430. The van der Waals surface area contributed by atoms with Crippen LogP contribution in [0.15, 0.2) is 76.7 Å². The van der Waals surface area contributed by atoms with Crippen LogP contribution in [0.5, 0.6) is 0 Å². The number of nitrogens with one attached hydrogen (secondary N) is 1. The molecule has 0 aliphatic rings. The molecule has 0 amide bonds. The number of benzene rings is 2. The van der Waals surface area contributed by atoms with E-state index in [4.69, 9.17) is 0 Å². The summed E-state index contributed by atoms with van der Waals surface area (Å²) in [6, 6.07) is 13.7. The molecule has 164 valence electrons. The van der Waals surface area contributed by atoms with Gasteiger partial charge in [-0.3, -0.25) is 9.78 Å². The van der Waals surface area contributed by atoms with Gasteiger partial charge in [0.15, 0.2) is 0 Å². The Morgan fingerprint density at radius 2 is 1.72 bits per heavy atom. The summed E-state index contributed by atoms with van der Waals surface area (Å²) in [6.45, 7) is 3.81. The second kappa shape index (κ2) is 8.64. The lowest BCUT2D eigenvalue weighted by atomic mass is 10.0. The molecule has 0 aliphatic carbocycles. The minimum Gasteiger partial charge on any atom is -0.322 e. The number of pyridine rings is 2. The van der Waals surface area contributed by atoms with Crippen molar-refractivity contribution in [2.24, 2.45) is 0 Å². The zero-order valence-electron chi connectivity index (χ0n) is 17.7. The standard InChI is InChI=1S/C24H22FN3O3S/c1-16-10-19-12-20(24(29)27-23(19)11-17(16)2)15-28(14-18-4-3-9-26-13-18)32(30,31)22-7-5-21(25)6-8-22/h3-13H,14-15H2,1-2H3,(H,27,29). The number of nitrogens with zero attached hydrogens (tertiary/aromatic N) is 2. The Hall–Kier alpha value is -3.36. The number of hydrogen-bond acceptors (Lipinski definition) is 4. The van der Waals surface area contributed by atoms with Crippen LogP contribution in [0.3, 0.4) is 0 Å². The minimum absolute atomic E-state index is 0.0119. The molecule has 6 nitrogen and oxygen atoms in total. The first-order chi connectivity index (χ1) is 15.2. The zero-order valence-corrected chi connectivity index (χ0v) is 18.5. The highest BCUT2D eigenvalue weighted by atomic mass is 32.2. The molecular weight excluding hydrogens is 429 g/mol.